The van der Waals surface area contributed by atoms with Gasteiger partial charge in [-0.1, -0.05) is 24.3 Å². The summed E-state index contributed by atoms with van der Waals surface area (Å²) in [6.07, 6.45) is 8.36. The number of rotatable bonds is 5. The number of amides is 1. The zero-order valence-electron chi connectivity index (χ0n) is 12.6. The van der Waals surface area contributed by atoms with Crippen LogP contribution in [0.15, 0.2) is 36.4 Å². The van der Waals surface area contributed by atoms with Crippen molar-refractivity contribution in [2.24, 2.45) is 17.8 Å². The van der Waals surface area contributed by atoms with Crippen LogP contribution in [0.3, 0.4) is 0 Å². The number of nitrogens with one attached hydrogen (secondary N) is 2. The molecule has 1 heterocycles. The van der Waals surface area contributed by atoms with Crippen LogP contribution in [0, 0.1) is 17.8 Å². The van der Waals surface area contributed by atoms with Crippen molar-refractivity contribution in [1.29, 1.82) is 0 Å². The maximum absolute atomic E-state index is 12.0. The number of H-pyrrole nitrogens is 1. The van der Waals surface area contributed by atoms with Gasteiger partial charge in [0.2, 0.25) is 5.91 Å². The van der Waals surface area contributed by atoms with E-state index in [9.17, 15) is 4.79 Å². The Morgan fingerprint density at radius 3 is 2.95 bits per heavy atom. The fraction of sp³-hybridized carbons (Fsp3) is 0.444. The van der Waals surface area contributed by atoms with Gasteiger partial charge in [-0.25, -0.2) is 4.98 Å². The smallest absolute Gasteiger partial charge is 0.220 e. The SMILES string of the molecule is O=C(CCc1nc2ccccc2[nH]1)NC[C@@H]1C[C@H]2C=C[C@H]1C2. The molecule has 2 aliphatic rings. The van der Waals surface area contributed by atoms with Crippen molar-refractivity contribution in [2.45, 2.75) is 25.7 Å². The van der Waals surface area contributed by atoms with Crippen molar-refractivity contribution in [1.82, 2.24) is 15.3 Å². The van der Waals surface area contributed by atoms with Gasteiger partial charge in [0, 0.05) is 19.4 Å². The van der Waals surface area contributed by atoms with Crippen molar-refractivity contribution in [3.63, 3.8) is 0 Å². The monoisotopic (exact) mass is 295 g/mol. The summed E-state index contributed by atoms with van der Waals surface area (Å²) in [5.74, 6) is 3.12. The predicted molar refractivity (Wildman–Crippen MR) is 86.3 cm³/mol. The van der Waals surface area contributed by atoms with Gasteiger partial charge in [-0.3, -0.25) is 4.79 Å². The lowest BCUT2D eigenvalue weighted by molar-refractivity contribution is -0.121. The standard InChI is InChI=1S/C18H21N3O/c22-18(19-11-14-10-12-5-6-13(14)9-12)8-7-17-20-15-3-1-2-4-16(15)21-17/h1-6,12-14H,7-11H2,(H,19,22)(H,20,21)/t12-,13-,14-/m0/s1. The Morgan fingerprint density at radius 1 is 1.27 bits per heavy atom. The molecule has 0 radical (unpaired) electrons. The molecular weight excluding hydrogens is 274 g/mol. The zero-order valence-corrected chi connectivity index (χ0v) is 12.6. The largest absolute Gasteiger partial charge is 0.356 e. The van der Waals surface area contributed by atoms with E-state index >= 15 is 0 Å². The Bertz CT molecular complexity index is 685. The van der Waals surface area contributed by atoms with Gasteiger partial charge in [0.15, 0.2) is 0 Å². The fourth-order valence-electron chi connectivity index (χ4n) is 3.82. The number of imidazole rings is 1. The van der Waals surface area contributed by atoms with Crippen molar-refractivity contribution < 1.29 is 4.79 Å². The third-order valence-electron chi connectivity index (χ3n) is 5.01. The molecule has 0 spiro atoms. The van der Waals surface area contributed by atoms with Gasteiger partial charge in [-0.15, -0.1) is 0 Å². The molecule has 1 aromatic carbocycles. The molecule has 2 N–H and O–H groups in total. The van der Waals surface area contributed by atoms with E-state index in [1.165, 1.54) is 12.8 Å². The maximum atomic E-state index is 12.0. The molecule has 4 heteroatoms. The molecule has 4 rings (SSSR count). The fourth-order valence-corrected chi connectivity index (χ4v) is 3.82. The highest BCUT2D eigenvalue weighted by Gasteiger charge is 2.35. The summed E-state index contributed by atoms with van der Waals surface area (Å²) in [6, 6.07) is 7.96. The Balaban J connectivity index is 1.26. The highest BCUT2D eigenvalue weighted by molar-refractivity contribution is 5.77. The molecule has 1 fully saturated rings. The number of aryl methyl sites for hydroxylation is 1. The Labute approximate surface area is 130 Å². The van der Waals surface area contributed by atoms with E-state index in [2.05, 4.69) is 27.4 Å². The lowest BCUT2D eigenvalue weighted by atomic mass is 9.93. The van der Waals surface area contributed by atoms with Crippen molar-refractivity contribution >= 4 is 16.9 Å². The number of carbonyl (C=O) groups is 1. The molecule has 0 saturated heterocycles. The van der Waals surface area contributed by atoms with Crippen molar-refractivity contribution in [3.8, 4) is 0 Å². The maximum Gasteiger partial charge on any atom is 0.220 e. The lowest BCUT2D eigenvalue weighted by Gasteiger charge is -2.18. The van der Waals surface area contributed by atoms with Crippen molar-refractivity contribution in [3.05, 3.63) is 42.2 Å². The number of aromatic amines is 1. The van der Waals surface area contributed by atoms with Crippen LogP contribution in [0.4, 0.5) is 0 Å². The number of fused-ring (bicyclic) bond motifs is 3. The van der Waals surface area contributed by atoms with Crippen LogP contribution in [0.25, 0.3) is 11.0 Å². The summed E-state index contributed by atoms with van der Waals surface area (Å²) in [5, 5.41) is 3.10. The van der Waals surface area contributed by atoms with Crippen LogP contribution in [0.2, 0.25) is 0 Å². The number of nitrogens with zero attached hydrogens (tertiary/aromatic N) is 1. The van der Waals surface area contributed by atoms with Gasteiger partial charge in [0.25, 0.3) is 0 Å². The molecule has 3 atom stereocenters. The minimum absolute atomic E-state index is 0.132. The zero-order chi connectivity index (χ0) is 14.9. The van der Waals surface area contributed by atoms with Crippen LogP contribution in [-0.2, 0) is 11.2 Å². The lowest BCUT2D eigenvalue weighted by Crippen LogP contribution is -2.31. The molecule has 0 aliphatic heterocycles. The van der Waals surface area contributed by atoms with E-state index in [1.54, 1.807) is 0 Å². The van der Waals surface area contributed by atoms with Crippen LogP contribution >= 0.6 is 0 Å². The number of hydrogen-bond donors (Lipinski definition) is 2. The minimum atomic E-state index is 0.132. The first-order valence-electron chi connectivity index (χ1n) is 8.16. The first-order valence-corrected chi connectivity index (χ1v) is 8.16. The third kappa shape index (κ3) is 2.65. The van der Waals surface area contributed by atoms with Gasteiger partial charge in [0.1, 0.15) is 5.82 Å². The molecule has 1 saturated carbocycles. The third-order valence-corrected chi connectivity index (χ3v) is 5.01. The molecule has 1 aromatic heterocycles. The predicted octanol–water partition coefficient (Wildman–Crippen LogP) is 2.82. The van der Waals surface area contributed by atoms with E-state index in [-0.39, 0.29) is 5.91 Å². The molecule has 22 heavy (non-hydrogen) atoms. The van der Waals surface area contributed by atoms with Crippen LogP contribution < -0.4 is 5.32 Å². The molecule has 0 unspecified atom stereocenters. The minimum Gasteiger partial charge on any atom is -0.356 e. The number of hydrogen-bond acceptors (Lipinski definition) is 2. The van der Waals surface area contributed by atoms with Gasteiger partial charge >= 0.3 is 0 Å². The highest BCUT2D eigenvalue weighted by atomic mass is 16.1. The second kappa shape index (κ2) is 5.59. The van der Waals surface area contributed by atoms with Crippen molar-refractivity contribution in [2.75, 3.05) is 6.54 Å². The van der Waals surface area contributed by atoms with E-state index in [1.807, 2.05) is 24.3 Å². The second-order valence-electron chi connectivity index (χ2n) is 6.55. The first kappa shape index (κ1) is 13.6. The van der Waals surface area contributed by atoms with E-state index < -0.39 is 0 Å². The number of aromatic nitrogens is 2. The molecule has 2 aromatic rings. The molecule has 114 valence electrons. The Hall–Kier alpha value is -2.10. The number of carbonyl (C=O) groups excluding carboxylic acids is 1. The molecular formula is C18H21N3O. The summed E-state index contributed by atoms with van der Waals surface area (Å²) < 4.78 is 0. The Morgan fingerprint density at radius 2 is 2.18 bits per heavy atom. The van der Waals surface area contributed by atoms with E-state index in [0.29, 0.717) is 24.7 Å². The number of allylic oxidation sites excluding steroid dienone is 2. The molecule has 2 aliphatic carbocycles. The van der Waals surface area contributed by atoms with Gasteiger partial charge in [-0.05, 0) is 42.7 Å². The second-order valence-corrected chi connectivity index (χ2v) is 6.55. The van der Waals surface area contributed by atoms with Crippen LogP contribution in [0.5, 0.6) is 0 Å². The topological polar surface area (TPSA) is 57.8 Å². The number of benzene rings is 1. The summed E-state index contributed by atoms with van der Waals surface area (Å²) in [7, 11) is 0. The van der Waals surface area contributed by atoms with Gasteiger partial charge in [0.05, 0.1) is 11.0 Å². The number of para-hydroxylation sites is 2. The van der Waals surface area contributed by atoms with E-state index in [4.69, 9.17) is 0 Å². The summed E-state index contributed by atoms with van der Waals surface area (Å²) in [5.41, 5.74) is 2.00. The average Bonchev–Trinajstić information content (AvgIpc) is 3.24. The average molecular weight is 295 g/mol. The summed E-state index contributed by atoms with van der Waals surface area (Å²) in [4.78, 5) is 19.8. The van der Waals surface area contributed by atoms with E-state index in [0.717, 1.165) is 29.3 Å². The molecule has 1 amide bonds. The first-order chi connectivity index (χ1) is 10.8. The van der Waals surface area contributed by atoms with Gasteiger partial charge < -0.3 is 10.3 Å². The summed E-state index contributed by atoms with van der Waals surface area (Å²) in [6.45, 7) is 0.824. The quantitative estimate of drug-likeness (QED) is 0.833. The van der Waals surface area contributed by atoms with Crippen LogP contribution in [0.1, 0.15) is 25.1 Å². The summed E-state index contributed by atoms with van der Waals surface area (Å²) >= 11 is 0. The molecule has 2 bridgehead atoms. The van der Waals surface area contributed by atoms with Gasteiger partial charge in [-0.2, -0.15) is 0 Å². The van der Waals surface area contributed by atoms with Crippen LogP contribution in [-0.4, -0.2) is 22.4 Å². The molecule has 4 nitrogen and oxygen atoms in total. The highest BCUT2D eigenvalue weighted by Crippen LogP contribution is 2.42. The Kier molecular flexibility index (Phi) is 3.45. The normalized spacial score (nSPS) is 25.9.